The van der Waals surface area contributed by atoms with Crippen LogP contribution in [0, 0.1) is 0 Å². The molecule has 1 saturated heterocycles. The Bertz CT molecular complexity index is 872. The number of benzene rings is 1. The molecule has 0 bridgehead atoms. The second-order valence-electron chi connectivity index (χ2n) is 6.70. The van der Waals surface area contributed by atoms with E-state index < -0.39 is 0 Å². The van der Waals surface area contributed by atoms with Crippen molar-refractivity contribution in [1.29, 1.82) is 0 Å². The number of aromatic nitrogens is 1. The van der Waals surface area contributed by atoms with Gasteiger partial charge in [-0.05, 0) is 49.2 Å². The van der Waals surface area contributed by atoms with Gasteiger partial charge in [0.15, 0.2) is 0 Å². The third kappa shape index (κ3) is 4.26. The molecule has 1 atom stereocenters. The first kappa shape index (κ1) is 17.5. The molecule has 5 heteroatoms. The Morgan fingerprint density at radius 2 is 2.11 bits per heavy atom. The second-order valence-corrected chi connectivity index (χ2v) is 6.70. The van der Waals surface area contributed by atoms with Crippen LogP contribution in [0.4, 0.5) is 0 Å². The first-order chi connectivity index (χ1) is 13.3. The summed E-state index contributed by atoms with van der Waals surface area (Å²) in [7, 11) is 0. The summed E-state index contributed by atoms with van der Waals surface area (Å²) in [6, 6.07) is 17.0. The van der Waals surface area contributed by atoms with Crippen LogP contribution >= 0.6 is 0 Å². The lowest BCUT2D eigenvalue weighted by Gasteiger charge is -2.25. The van der Waals surface area contributed by atoms with E-state index in [-0.39, 0.29) is 12.0 Å². The molecule has 0 radical (unpaired) electrons. The van der Waals surface area contributed by atoms with Gasteiger partial charge in [0.2, 0.25) is 0 Å². The fourth-order valence-electron chi connectivity index (χ4n) is 3.37. The molecule has 0 aliphatic carbocycles. The average molecular weight is 362 g/mol. The Balaban J connectivity index is 1.58. The summed E-state index contributed by atoms with van der Waals surface area (Å²) in [6.45, 7) is 1.80. The van der Waals surface area contributed by atoms with Gasteiger partial charge in [0.1, 0.15) is 5.76 Å². The molecule has 5 nitrogen and oxygen atoms in total. The van der Waals surface area contributed by atoms with Crippen LogP contribution in [0.2, 0.25) is 0 Å². The first-order valence-corrected chi connectivity index (χ1v) is 9.24. The van der Waals surface area contributed by atoms with E-state index in [4.69, 9.17) is 9.15 Å². The summed E-state index contributed by atoms with van der Waals surface area (Å²) >= 11 is 0. The molecular weight excluding hydrogens is 340 g/mol. The molecule has 0 spiro atoms. The molecule has 4 rings (SSSR count). The fourth-order valence-corrected chi connectivity index (χ4v) is 3.37. The van der Waals surface area contributed by atoms with Crippen molar-refractivity contribution >= 4 is 5.91 Å². The van der Waals surface area contributed by atoms with E-state index in [1.807, 2.05) is 59.5 Å². The molecule has 1 aromatic carbocycles. The van der Waals surface area contributed by atoms with E-state index >= 15 is 0 Å². The van der Waals surface area contributed by atoms with E-state index in [1.165, 1.54) is 0 Å². The smallest absolute Gasteiger partial charge is 0.254 e. The minimum Gasteiger partial charge on any atom is -0.464 e. The van der Waals surface area contributed by atoms with Gasteiger partial charge in [-0.25, -0.2) is 0 Å². The number of carbonyl (C=O) groups is 1. The van der Waals surface area contributed by atoms with Crippen molar-refractivity contribution in [2.24, 2.45) is 0 Å². The number of amides is 1. The maximum atomic E-state index is 13.3. The van der Waals surface area contributed by atoms with Crippen LogP contribution in [0.15, 0.2) is 71.5 Å². The van der Waals surface area contributed by atoms with Gasteiger partial charge < -0.3 is 14.1 Å². The number of carbonyl (C=O) groups excluding carboxylic acids is 1. The molecule has 1 aliphatic rings. The van der Waals surface area contributed by atoms with E-state index in [1.54, 1.807) is 12.5 Å². The molecule has 2 aromatic heterocycles. The quantitative estimate of drug-likeness (QED) is 0.661. The van der Waals surface area contributed by atoms with Crippen LogP contribution in [0.1, 0.15) is 28.9 Å². The van der Waals surface area contributed by atoms with Crippen molar-refractivity contribution < 1.29 is 13.9 Å². The highest BCUT2D eigenvalue weighted by atomic mass is 16.5. The molecule has 27 heavy (non-hydrogen) atoms. The van der Waals surface area contributed by atoms with Crippen molar-refractivity contribution in [2.75, 3.05) is 13.2 Å². The summed E-state index contributed by atoms with van der Waals surface area (Å²) in [5.41, 5.74) is 2.39. The normalized spacial score (nSPS) is 16.4. The number of furan rings is 1. The van der Waals surface area contributed by atoms with E-state index in [9.17, 15) is 4.79 Å². The molecule has 0 N–H and O–H groups in total. The molecule has 138 valence electrons. The summed E-state index contributed by atoms with van der Waals surface area (Å²) in [5.74, 6) is 0.726. The van der Waals surface area contributed by atoms with Gasteiger partial charge in [-0.2, -0.15) is 0 Å². The average Bonchev–Trinajstić information content (AvgIpc) is 3.42. The SMILES string of the molecule is O=C(c1cccc(-c2ccco2)c1)N(Cc1ccccn1)C[C@H]1CCCO1. The predicted molar refractivity (Wildman–Crippen MR) is 102 cm³/mol. The zero-order valence-electron chi connectivity index (χ0n) is 15.1. The van der Waals surface area contributed by atoms with E-state index in [2.05, 4.69) is 4.98 Å². The van der Waals surface area contributed by atoms with Gasteiger partial charge in [0, 0.05) is 30.5 Å². The molecule has 0 unspecified atom stereocenters. The van der Waals surface area contributed by atoms with Crippen molar-refractivity contribution in [2.45, 2.75) is 25.5 Å². The predicted octanol–water partition coefficient (Wildman–Crippen LogP) is 4.16. The van der Waals surface area contributed by atoms with Crippen LogP contribution in [-0.2, 0) is 11.3 Å². The van der Waals surface area contributed by atoms with Crippen LogP contribution < -0.4 is 0 Å². The monoisotopic (exact) mass is 362 g/mol. The molecule has 1 aliphatic heterocycles. The van der Waals surface area contributed by atoms with Gasteiger partial charge in [-0.3, -0.25) is 9.78 Å². The number of nitrogens with zero attached hydrogens (tertiary/aromatic N) is 2. The third-order valence-corrected chi connectivity index (χ3v) is 4.73. The molecule has 3 heterocycles. The van der Waals surface area contributed by atoms with Crippen molar-refractivity contribution in [1.82, 2.24) is 9.88 Å². The molecule has 1 amide bonds. The lowest BCUT2D eigenvalue weighted by molar-refractivity contribution is 0.0504. The third-order valence-electron chi connectivity index (χ3n) is 4.73. The highest BCUT2D eigenvalue weighted by molar-refractivity contribution is 5.95. The van der Waals surface area contributed by atoms with Crippen LogP contribution in [-0.4, -0.2) is 35.0 Å². The Morgan fingerprint density at radius 1 is 1.15 bits per heavy atom. The highest BCUT2D eigenvalue weighted by Crippen LogP contribution is 2.22. The Kier molecular flexibility index (Phi) is 5.30. The Hall–Kier alpha value is -2.92. The van der Waals surface area contributed by atoms with E-state index in [0.29, 0.717) is 18.7 Å². The van der Waals surface area contributed by atoms with Crippen LogP contribution in [0.25, 0.3) is 11.3 Å². The largest absolute Gasteiger partial charge is 0.464 e. The molecule has 0 saturated carbocycles. The van der Waals surface area contributed by atoms with Crippen LogP contribution in [0.3, 0.4) is 0 Å². The van der Waals surface area contributed by atoms with Crippen molar-refractivity contribution in [3.05, 3.63) is 78.3 Å². The second kappa shape index (κ2) is 8.18. The number of hydrogen-bond acceptors (Lipinski definition) is 4. The molecular formula is C22H22N2O3. The zero-order valence-corrected chi connectivity index (χ0v) is 15.1. The van der Waals surface area contributed by atoms with Crippen LogP contribution in [0.5, 0.6) is 0 Å². The topological polar surface area (TPSA) is 55.6 Å². The molecule has 3 aromatic rings. The summed E-state index contributed by atoms with van der Waals surface area (Å²) in [5, 5.41) is 0. The Labute approximate surface area is 158 Å². The van der Waals surface area contributed by atoms with E-state index in [0.717, 1.165) is 36.5 Å². The summed E-state index contributed by atoms with van der Waals surface area (Å²) in [6.07, 6.45) is 5.50. The summed E-state index contributed by atoms with van der Waals surface area (Å²) < 4.78 is 11.2. The lowest BCUT2D eigenvalue weighted by Crippen LogP contribution is -2.37. The van der Waals surface area contributed by atoms with Gasteiger partial charge >= 0.3 is 0 Å². The number of hydrogen-bond donors (Lipinski definition) is 0. The molecule has 1 fully saturated rings. The first-order valence-electron chi connectivity index (χ1n) is 9.24. The zero-order chi connectivity index (χ0) is 18.5. The standard InChI is InChI=1S/C22H22N2O3/c25-22(18-7-3-6-17(14-18)21-10-5-13-27-21)24(16-20-9-4-12-26-20)15-19-8-1-2-11-23-19/h1-3,5-8,10-11,13-14,20H,4,9,12,15-16H2/t20-/m1/s1. The lowest BCUT2D eigenvalue weighted by atomic mass is 10.1. The van der Waals surface area contributed by atoms with Gasteiger partial charge in [-0.1, -0.05) is 18.2 Å². The van der Waals surface area contributed by atoms with Crippen molar-refractivity contribution in [3.63, 3.8) is 0 Å². The minimum atomic E-state index is -0.0236. The fraction of sp³-hybridized carbons (Fsp3) is 0.273. The maximum absolute atomic E-state index is 13.3. The van der Waals surface area contributed by atoms with Crippen molar-refractivity contribution in [3.8, 4) is 11.3 Å². The van der Waals surface area contributed by atoms with Gasteiger partial charge in [-0.15, -0.1) is 0 Å². The minimum absolute atomic E-state index is 0.0236. The Morgan fingerprint density at radius 3 is 2.85 bits per heavy atom. The maximum Gasteiger partial charge on any atom is 0.254 e. The number of rotatable bonds is 6. The summed E-state index contributed by atoms with van der Waals surface area (Å²) in [4.78, 5) is 19.5. The highest BCUT2D eigenvalue weighted by Gasteiger charge is 2.24. The van der Waals surface area contributed by atoms with Gasteiger partial charge in [0.05, 0.1) is 24.6 Å². The number of pyridine rings is 1. The number of ether oxygens (including phenoxy) is 1. The van der Waals surface area contributed by atoms with Gasteiger partial charge in [0.25, 0.3) is 5.91 Å².